The number of ether oxygens (including phenoxy) is 8. The second kappa shape index (κ2) is 13.4. The van der Waals surface area contributed by atoms with Crippen molar-refractivity contribution < 1.29 is 37.9 Å². The van der Waals surface area contributed by atoms with Crippen LogP contribution >= 0.6 is 0 Å². The molecular formula is C46H45BN2O8. The zero-order valence-corrected chi connectivity index (χ0v) is 32.7. The molecule has 0 amide bonds. The van der Waals surface area contributed by atoms with E-state index in [1.807, 2.05) is 12.1 Å². The lowest BCUT2D eigenvalue weighted by molar-refractivity contribution is 0.296. The van der Waals surface area contributed by atoms with E-state index in [2.05, 4.69) is 91.2 Å². The summed E-state index contributed by atoms with van der Waals surface area (Å²) in [5, 5.41) is 0. The standard InChI is InChI=1S/C46H45BN2O8/c1-46(2,3)28-20-35-45-36(21-28)49(30-9-11-38-40(23-30)53-15-5-13-51-38)34-27-44-42(55-17-7-19-57-44)25-32(34)47(45)31-24-41-43(56-18-6-16-54-41)26-33(31)48(35)29-8-10-37-39(22-29)52-14-4-12-50-37/h8-11,20-27H,4-7,12-19H2,1-3H3. The average molecular weight is 765 g/mol. The summed E-state index contributed by atoms with van der Waals surface area (Å²) < 4.78 is 50.5. The van der Waals surface area contributed by atoms with Crippen LogP contribution < -0.4 is 64.1 Å². The van der Waals surface area contributed by atoms with Crippen molar-refractivity contribution in [1.29, 1.82) is 0 Å². The van der Waals surface area contributed by atoms with Gasteiger partial charge in [-0.15, -0.1) is 0 Å². The number of hydrogen-bond acceptors (Lipinski definition) is 10. The summed E-state index contributed by atoms with van der Waals surface area (Å²) in [5.41, 5.74) is 10.5. The molecule has 11 heteroatoms. The van der Waals surface area contributed by atoms with Crippen LogP contribution in [0, 0.1) is 0 Å². The van der Waals surface area contributed by atoms with Gasteiger partial charge in [0.25, 0.3) is 6.71 Å². The van der Waals surface area contributed by atoms with Gasteiger partial charge in [-0.05, 0) is 75.9 Å². The van der Waals surface area contributed by atoms with Gasteiger partial charge in [-0.25, -0.2) is 0 Å². The van der Waals surface area contributed by atoms with Crippen LogP contribution in [-0.2, 0) is 5.41 Å². The lowest BCUT2D eigenvalue weighted by Crippen LogP contribution is -2.61. The quantitative estimate of drug-likeness (QED) is 0.164. The molecule has 0 saturated carbocycles. The molecular weight excluding hydrogens is 719 g/mol. The van der Waals surface area contributed by atoms with E-state index in [4.69, 9.17) is 37.9 Å². The third kappa shape index (κ3) is 5.76. The Morgan fingerprint density at radius 1 is 0.404 bits per heavy atom. The monoisotopic (exact) mass is 764 g/mol. The Balaban J connectivity index is 1.23. The van der Waals surface area contributed by atoms with Gasteiger partial charge in [0.15, 0.2) is 46.0 Å². The van der Waals surface area contributed by atoms with Gasteiger partial charge in [-0.1, -0.05) is 20.8 Å². The van der Waals surface area contributed by atoms with Gasteiger partial charge in [-0.2, -0.15) is 0 Å². The molecule has 0 atom stereocenters. The summed E-state index contributed by atoms with van der Waals surface area (Å²) in [4.78, 5) is 4.76. The number of hydrogen-bond donors (Lipinski definition) is 0. The van der Waals surface area contributed by atoms with Crippen molar-refractivity contribution in [1.82, 2.24) is 0 Å². The molecule has 6 aliphatic rings. The summed E-state index contributed by atoms with van der Waals surface area (Å²) in [7, 11) is 0. The SMILES string of the molecule is CC(C)(C)c1cc2c3c(c1)N(c1ccc4c(c1)OCCCO4)c1cc4c(cc1B3c1cc3c(cc1N2c1ccc2c(c1)OCCCO2)OCCCO3)OCCCO4. The molecule has 290 valence electrons. The van der Waals surface area contributed by atoms with Gasteiger partial charge in [0.05, 0.1) is 64.2 Å². The van der Waals surface area contributed by atoms with Crippen LogP contribution in [0.2, 0.25) is 0 Å². The predicted molar refractivity (Wildman–Crippen MR) is 222 cm³/mol. The zero-order chi connectivity index (χ0) is 38.3. The maximum absolute atomic E-state index is 6.42. The van der Waals surface area contributed by atoms with Gasteiger partial charge in [0.2, 0.25) is 0 Å². The van der Waals surface area contributed by atoms with E-state index in [-0.39, 0.29) is 12.1 Å². The van der Waals surface area contributed by atoms with Crippen molar-refractivity contribution >= 4 is 57.2 Å². The fourth-order valence-corrected chi connectivity index (χ4v) is 8.88. The minimum absolute atomic E-state index is 0.184. The first-order valence-electron chi connectivity index (χ1n) is 20.3. The fraction of sp³-hybridized carbons (Fsp3) is 0.348. The summed E-state index contributed by atoms with van der Waals surface area (Å²) in [6.07, 6.45) is 3.28. The van der Waals surface area contributed by atoms with Gasteiger partial charge in [0, 0.05) is 72.7 Å². The van der Waals surface area contributed by atoms with Crippen LogP contribution in [0.15, 0.2) is 72.8 Å². The van der Waals surface area contributed by atoms with Crippen LogP contribution in [0.1, 0.15) is 52.0 Å². The Hall–Kier alpha value is -5.84. The van der Waals surface area contributed by atoms with Gasteiger partial charge in [-0.3, -0.25) is 0 Å². The lowest BCUT2D eigenvalue weighted by Gasteiger charge is -2.45. The first-order chi connectivity index (χ1) is 27.9. The highest BCUT2D eigenvalue weighted by Gasteiger charge is 2.46. The Kier molecular flexibility index (Phi) is 8.08. The largest absolute Gasteiger partial charge is 0.490 e. The highest BCUT2D eigenvalue weighted by molar-refractivity contribution is 7.00. The first-order valence-corrected chi connectivity index (χ1v) is 20.3. The molecule has 57 heavy (non-hydrogen) atoms. The van der Waals surface area contributed by atoms with Gasteiger partial charge in [0.1, 0.15) is 0 Å². The zero-order valence-electron chi connectivity index (χ0n) is 32.7. The summed E-state index contributed by atoms with van der Waals surface area (Å²) in [5.74, 6) is 5.98. The Morgan fingerprint density at radius 2 is 0.754 bits per heavy atom. The summed E-state index contributed by atoms with van der Waals surface area (Å²) >= 11 is 0. The topological polar surface area (TPSA) is 80.3 Å². The summed E-state index contributed by atoms with van der Waals surface area (Å²) in [6.45, 7) is 11.4. The minimum Gasteiger partial charge on any atom is -0.490 e. The van der Waals surface area contributed by atoms with Crippen molar-refractivity contribution in [3.8, 4) is 46.0 Å². The third-order valence-electron chi connectivity index (χ3n) is 11.6. The van der Waals surface area contributed by atoms with Crippen molar-refractivity contribution in [2.45, 2.75) is 51.9 Å². The Labute approximate surface area is 333 Å². The minimum atomic E-state index is -0.191. The van der Waals surface area contributed by atoms with Gasteiger partial charge >= 0.3 is 0 Å². The predicted octanol–water partition coefficient (Wildman–Crippen LogP) is 7.71. The smallest absolute Gasteiger partial charge is 0.252 e. The number of rotatable bonds is 2. The molecule has 0 spiro atoms. The molecule has 0 fully saturated rings. The molecule has 0 N–H and O–H groups in total. The molecule has 6 aliphatic heterocycles. The maximum Gasteiger partial charge on any atom is 0.252 e. The van der Waals surface area contributed by atoms with E-state index < -0.39 is 0 Å². The number of nitrogens with zero attached hydrogens (tertiary/aromatic N) is 2. The van der Waals surface area contributed by atoms with Crippen molar-refractivity contribution in [2.24, 2.45) is 0 Å². The molecule has 5 aromatic rings. The molecule has 0 aromatic heterocycles. The maximum atomic E-state index is 6.42. The molecule has 0 saturated heterocycles. The van der Waals surface area contributed by atoms with E-state index in [1.54, 1.807) is 0 Å². The normalized spacial score (nSPS) is 17.6. The molecule has 5 aromatic carbocycles. The van der Waals surface area contributed by atoms with Crippen LogP contribution in [0.3, 0.4) is 0 Å². The first kappa shape index (κ1) is 34.4. The molecule has 0 aliphatic carbocycles. The van der Waals surface area contributed by atoms with E-state index in [0.717, 1.165) is 117 Å². The molecule has 6 heterocycles. The third-order valence-corrected chi connectivity index (χ3v) is 11.6. The van der Waals surface area contributed by atoms with Crippen LogP contribution in [0.25, 0.3) is 0 Å². The van der Waals surface area contributed by atoms with Gasteiger partial charge < -0.3 is 47.7 Å². The molecule has 11 rings (SSSR count). The van der Waals surface area contributed by atoms with Crippen molar-refractivity contribution in [3.63, 3.8) is 0 Å². The summed E-state index contributed by atoms with van der Waals surface area (Å²) in [6, 6.07) is 26.1. The number of anilines is 6. The fourth-order valence-electron chi connectivity index (χ4n) is 8.88. The van der Waals surface area contributed by atoms with Crippen LogP contribution in [-0.4, -0.2) is 59.6 Å². The lowest BCUT2D eigenvalue weighted by atomic mass is 9.33. The van der Waals surface area contributed by atoms with E-state index in [0.29, 0.717) is 52.9 Å². The molecule has 10 nitrogen and oxygen atoms in total. The van der Waals surface area contributed by atoms with Crippen LogP contribution in [0.5, 0.6) is 46.0 Å². The number of fused-ring (bicyclic) bond motifs is 8. The number of benzene rings is 5. The van der Waals surface area contributed by atoms with E-state index >= 15 is 0 Å². The second-order valence-electron chi connectivity index (χ2n) is 16.5. The van der Waals surface area contributed by atoms with E-state index in [9.17, 15) is 0 Å². The highest BCUT2D eigenvalue weighted by Crippen LogP contribution is 2.51. The Bertz CT molecular complexity index is 2270. The van der Waals surface area contributed by atoms with Crippen LogP contribution in [0.4, 0.5) is 34.1 Å². The van der Waals surface area contributed by atoms with Crippen molar-refractivity contribution in [2.75, 3.05) is 62.7 Å². The average Bonchev–Trinajstić information content (AvgIpc) is 3.78. The highest BCUT2D eigenvalue weighted by atomic mass is 16.5. The van der Waals surface area contributed by atoms with E-state index in [1.165, 1.54) is 11.0 Å². The van der Waals surface area contributed by atoms with Crippen molar-refractivity contribution in [3.05, 3.63) is 78.4 Å². The second-order valence-corrected chi connectivity index (χ2v) is 16.5. The Morgan fingerprint density at radius 3 is 1.14 bits per heavy atom. The molecule has 0 radical (unpaired) electrons. The molecule has 0 unspecified atom stereocenters. The molecule has 0 bridgehead atoms.